The van der Waals surface area contributed by atoms with Gasteiger partial charge in [0.25, 0.3) is 0 Å². The Morgan fingerprint density at radius 1 is 1.00 bits per heavy atom. The van der Waals surface area contributed by atoms with Crippen molar-refractivity contribution < 1.29 is 0 Å². The van der Waals surface area contributed by atoms with Crippen LogP contribution in [0, 0.1) is 5.92 Å². The Morgan fingerprint density at radius 2 is 1.65 bits per heavy atom. The molecule has 2 rings (SSSR count). The molecule has 4 nitrogen and oxygen atoms in total. The molecule has 0 spiro atoms. The molecular weight excluding hydrogens is 248 g/mol. The van der Waals surface area contributed by atoms with Gasteiger partial charge in [-0.1, -0.05) is 44.2 Å². The van der Waals surface area contributed by atoms with Crippen LogP contribution in [-0.2, 0) is 0 Å². The van der Waals surface area contributed by atoms with E-state index in [1.165, 1.54) is 0 Å². The summed E-state index contributed by atoms with van der Waals surface area (Å²) in [5.41, 5.74) is 1.03. The fourth-order valence-electron chi connectivity index (χ4n) is 1.83. The third-order valence-corrected chi connectivity index (χ3v) is 2.81. The summed E-state index contributed by atoms with van der Waals surface area (Å²) in [5.74, 6) is 3.04. The molecule has 0 unspecified atom stereocenters. The molecule has 0 aliphatic rings. The molecule has 0 atom stereocenters. The lowest BCUT2D eigenvalue weighted by molar-refractivity contribution is 0.687. The average molecular weight is 270 g/mol. The quantitative estimate of drug-likeness (QED) is 0.841. The largest absolute Gasteiger partial charge is 0.370 e. The van der Waals surface area contributed by atoms with E-state index in [1.807, 2.05) is 36.4 Å². The summed E-state index contributed by atoms with van der Waals surface area (Å²) in [6.07, 6.45) is 0. The van der Waals surface area contributed by atoms with Gasteiger partial charge < -0.3 is 10.6 Å². The van der Waals surface area contributed by atoms with Crippen molar-refractivity contribution in [1.82, 2.24) is 9.97 Å². The van der Waals surface area contributed by atoms with Crippen LogP contribution in [0.4, 0.5) is 11.6 Å². The van der Waals surface area contributed by atoms with Gasteiger partial charge >= 0.3 is 0 Å². The normalized spacial score (nSPS) is 10.6. The SMILES string of the molecule is CCNc1cc(NCC(C)C)nc(-c2ccccc2)n1. The first kappa shape index (κ1) is 14.3. The van der Waals surface area contributed by atoms with Gasteiger partial charge in [-0.15, -0.1) is 0 Å². The van der Waals surface area contributed by atoms with Crippen LogP contribution in [-0.4, -0.2) is 23.1 Å². The maximum absolute atomic E-state index is 4.60. The van der Waals surface area contributed by atoms with E-state index in [0.717, 1.165) is 36.1 Å². The van der Waals surface area contributed by atoms with Crippen molar-refractivity contribution in [2.75, 3.05) is 23.7 Å². The van der Waals surface area contributed by atoms with Gasteiger partial charge in [0.05, 0.1) is 0 Å². The summed E-state index contributed by atoms with van der Waals surface area (Å²) in [4.78, 5) is 9.15. The minimum atomic E-state index is 0.577. The van der Waals surface area contributed by atoms with Gasteiger partial charge in [0.2, 0.25) is 0 Å². The molecule has 0 aliphatic carbocycles. The van der Waals surface area contributed by atoms with Crippen molar-refractivity contribution in [3.63, 3.8) is 0 Å². The number of hydrogen-bond donors (Lipinski definition) is 2. The van der Waals surface area contributed by atoms with E-state index in [9.17, 15) is 0 Å². The number of anilines is 2. The molecular formula is C16H22N4. The second-order valence-electron chi connectivity index (χ2n) is 5.13. The maximum Gasteiger partial charge on any atom is 0.163 e. The predicted molar refractivity (Wildman–Crippen MR) is 85.0 cm³/mol. The van der Waals surface area contributed by atoms with Gasteiger partial charge in [0, 0.05) is 24.7 Å². The molecule has 0 saturated carbocycles. The summed E-state index contributed by atoms with van der Waals surface area (Å²) in [6, 6.07) is 12.0. The summed E-state index contributed by atoms with van der Waals surface area (Å²) < 4.78 is 0. The first-order valence-electron chi connectivity index (χ1n) is 7.11. The zero-order valence-electron chi connectivity index (χ0n) is 12.4. The van der Waals surface area contributed by atoms with Crippen LogP contribution in [0.25, 0.3) is 11.4 Å². The standard InChI is InChI=1S/C16H22N4/c1-4-17-14-10-15(18-11-12(2)3)20-16(19-14)13-8-6-5-7-9-13/h5-10,12H,4,11H2,1-3H3,(H2,17,18,19,20). The lowest BCUT2D eigenvalue weighted by atomic mass is 10.2. The van der Waals surface area contributed by atoms with Gasteiger partial charge in [-0.25, -0.2) is 9.97 Å². The number of nitrogens with one attached hydrogen (secondary N) is 2. The highest BCUT2D eigenvalue weighted by Crippen LogP contribution is 2.20. The summed E-state index contributed by atoms with van der Waals surface area (Å²) in [5, 5.41) is 6.62. The first-order valence-corrected chi connectivity index (χ1v) is 7.11. The number of hydrogen-bond acceptors (Lipinski definition) is 4. The number of aromatic nitrogens is 2. The minimum Gasteiger partial charge on any atom is -0.370 e. The number of nitrogens with zero attached hydrogens (tertiary/aromatic N) is 2. The van der Waals surface area contributed by atoms with Crippen molar-refractivity contribution in [1.29, 1.82) is 0 Å². The molecule has 4 heteroatoms. The summed E-state index contributed by atoms with van der Waals surface area (Å²) in [7, 11) is 0. The van der Waals surface area contributed by atoms with Crippen LogP contribution in [0.2, 0.25) is 0 Å². The van der Waals surface area contributed by atoms with E-state index in [0.29, 0.717) is 5.92 Å². The molecule has 0 aliphatic heterocycles. The molecule has 20 heavy (non-hydrogen) atoms. The van der Waals surface area contributed by atoms with Crippen molar-refractivity contribution in [2.45, 2.75) is 20.8 Å². The molecule has 0 radical (unpaired) electrons. The highest BCUT2D eigenvalue weighted by atomic mass is 15.1. The third-order valence-electron chi connectivity index (χ3n) is 2.81. The van der Waals surface area contributed by atoms with Crippen LogP contribution in [0.3, 0.4) is 0 Å². The van der Waals surface area contributed by atoms with E-state index < -0.39 is 0 Å². The fraction of sp³-hybridized carbons (Fsp3) is 0.375. The minimum absolute atomic E-state index is 0.577. The van der Waals surface area contributed by atoms with E-state index in [-0.39, 0.29) is 0 Å². The van der Waals surface area contributed by atoms with Crippen LogP contribution in [0.15, 0.2) is 36.4 Å². The first-order chi connectivity index (χ1) is 9.69. The predicted octanol–water partition coefficient (Wildman–Crippen LogP) is 3.64. The van der Waals surface area contributed by atoms with Crippen molar-refractivity contribution >= 4 is 11.6 Å². The summed E-state index contributed by atoms with van der Waals surface area (Å²) in [6.45, 7) is 8.16. The molecule has 1 heterocycles. The Morgan fingerprint density at radius 3 is 2.25 bits per heavy atom. The van der Waals surface area contributed by atoms with E-state index in [4.69, 9.17) is 0 Å². The molecule has 0 fully saturated rings. The number of rotatable bonds is 6. The Labute approximate surface area is 120 Å². The van der Waals surface area contributed by atoms with Crippen LogP contribution in [0.5, 0.6) is 0 Å². The van der Waals surface area contributed by atoms with Crippen molar-refractivity contribution in [3.05, 3.63) is 36.4 Å². The average Bonchev–Trinajstić information content (AvgIpc) is 2.46. The van der Waals surface area contributed by atoms with E-state index >= 15 is 0 Å². The third kappa shape index (κ3) is 3.95. The van der Waals surface area contributed by atoms with Gasteiger partial charge in [0.1, 0.15) is 11.6 Å². The Hall–Kier alpha value is -2.10. The molecule has 0 saturated heterocycles. The lowest BCUT2D eigenvalue weighted by Crippen LogP contribution is -2.11. The molecule has 2 N–H and O–H groups in total. The van der Waals surface area contributed by atoms with Crippen LogP contribution < -0.4 is 10.6 Å². The smallest absolute Gasteiger partial charge is 0.163 e. The zero-order valence-corrected chi connectivity index (χ0v) is 12.4. The highest BCUT2D eigenvalue weighted by Gasteiger charge is 2.06. The van der Waals surface area contributed by atoms with Gasteiger partial charge in [-0.05, 0) is 12.8 Å². The van der Waals surface area contributed by atoms with Gasteiger partial charge in [-0.3, -0.25) is 0 Å². The molecule has 1 aromatic carbocycles. The second-order valence-corrected chi connectivity index (χ2v) is 5.13. The topological polar surface area (TPSA) is 49.8 Å². The van der Waals surface area contributed by atoms with Crippen molar-refractivity contribution in [2.24, 2.45) is 5.92 Å². The fourth-order valence-corrected chi connectivity index (χ4v) is 1.83. The Balaban J connectivity index is 2.31. The lowest BCUT2D eigenvalue weighted by Gasteiger charge is -2.12. The molecule has 0 amide bonds. The van der Waals surface area contributed by atoms with Crippen LogP contribution >= 0.6 is 0 Å². The van der Waals surface area contributed by atoms with Crippen LogP contribution in [0.1, 0.15) is 20.8 Å². The second kappa shape index (κ2) is 6.89. The van der Waals surface area contributed by atoms with E-state index in [1.54, 1.807) is 0 Å². The molecule has 2 aromatic rings. The molecule has 106 valence electrons. The van der Waals surface area contributed by atoms with E-state index in [2.05, 4.69) is 41.4 Å². The van der Waals surface area contributed by atoms with Crippen molar-refractivity contribution in [3.8, 4) is 11.4 Å². The number of benzene rings is 1. The molecule has 1 aromatic heterocycles. The summed E-state index contributed by atoms with van der Waals surface area (Å²) >= 11 is 0. The van der Waals surface area contributed by atoms with Gasteiger partial charge in [-0.2, -0.15) is 0 Å². The Kier molecular flexibility index (Phi) is 4.93. The Bertz CT molecular complexity index is 537. The monoisotopic (exact) mass is 270 g/mol. The maximum atomic E-state index is 4.60. The zero-order chi connectivity index (χ0) is 14.4. The van der Waals surface area contributed by atoms with Gasteiger partial charge in [0.15, 0.2) is 5.82 Å². The molecule has 0 bridgehead atoms. The highest BCUT2D eigenvalue weighted by molar-refractivity contribution is 5.61.